The number of carbonyl (C=O) groups is 5. The van der Waals surface area contributed by atoms with Crippen molar-refractivity contribution in [3.8, 4) is 11.5 Å². The van der Waals surface area contributed by atoms with E-state index in [0.717, 1.165) is 16.2 Å². The smallest absolute Gasteiger partial charge is 0.352 e. The van der Waals surface area contributed by atoms with Gasteiger partial charge in [0, 0.05) is 34.6 Å². The van der Waals surface area contributed by atoms with Crippen molar-refractivity contribution >= 4 is 74.4 Å². The van der Waals surface area contributed by atoms with Crippen molar-refractivity contribution in [2.45, 2.75) is 49.6 Å². The first-order valence-corrected chi connectivity index (χ1v) is 15.5. The average Bonchev–Trinajstić information content (AvgIpc) is 3.42. The number of nitrogens with zero attached hydrogens (tertiary/aromatic N) is 4. The number of fused-ring (bicyclic) bond motifs is 2. The molecule has 2 aromatic heterocycles. The van der Waals surface area contributed by atoms with Crippen molar-refractivity contribution in [3.05, 3.63) is 52.4 Å². The molecular weight excluding hydrogens is 660 g/mol. The van der Waals surface area contributed by atoms with Gasteiger partial charge in [0.15, 0.2) is 40.8 Å². The van der Waals surface area contributed by atoms with Crippen LogP contribution in [0.1, 0.15) is 24.7 Å². The molecule has 0 aliphatic carbocycles. The standard InChI is InChI=1S/C28H26N6O11S2/c1-10-3-12-4-16(35)17(36)5-13(12)7-33(10)8-14-11(2)47-25-21(24(40)34(25)22(14)27(43)44)31-23(39)20(15-9-46-28(29)30-15)32-45-18(26(41)42)6-19(37)38/h3-5,7,9,11,18,21,25H,6,8H2,1-2H3,(H7,29,30,31,36,37,38,39,41,42,43,44)/p+1/b32-20-/t11-,18-,21-,25+/m0/s1. The number of phenolic OH excluding ortho intramolecular Hbond substituents is 2. The molecule has 1 aromatic carbocycles. The minimum Gasteiger partial charge on any atom is -0.504 e. The molecule has 246 valence electrons. The molecule has 47 heavy (non-hydrogen) atoms. The summed E-state index contributed by atoms with van der Waals surface area (Å²) in [5, 5.41) is 55.6. The van der Waals surface area contributed by atoms with E-state index in [1.807, 2.05) is 0 Å². The molecule has 2 aliphatic rings. The van der Waals surface area contributed by atoms with Crippen LogP contribution in [0.3, 0.4) is 0 Å². The van der Waals surface area contributed by atoms with Gasteiger partial charge in [-0.3, -0.25) is 19.3 Å². The van der Waals surface area contributed by atoms with E-state index in [1.165, 1.54) is 29.3 Å². The number of aromatic nitrogens is 2. The number of benzene rings is 1. The quantitative estimate of drug-likeness (QED) is 0.0472. The Morgan fingerprint density at radius 2 is 1.83 bits per heavy atom. The van der Waals surface area contributed by atoms with Gasteiger partial charge in [0.2, 0.25) is 6.10 Å². The van der Waals surface area contributed by atoms with Crippen LogP contribution in [0, 0.1) is 6.92 Å². The fourth-order valence-electron chi connectivity index (χ4n) is 5.09. The van der Waals surface area contributed by atoms with E-state index < -0.39 is 64.6 Å². The molecule has 2 amide bonds. The molecule has 1 saturated heterocycles. The Balaban J connectivity index is 1.41. The zero-order chi connectivity index (χ0) is 34.3. The van der Waals surface area contributed by atoms with Crippen LogP contribution in [-0.4, -0.2) is 93.6 Å². The number of pyridine rings is 1. The molecule has 19 heteroatoms. The maximum Gasteiger partial charge on any atom is 0.352 e. The number of phenols is 2. The Labute approximate surface area is 272 Å². The predicted molar refractivity (Wildman–Crippen MR) is 164 cm³/mol. The van der Waals surface area contributed by atoms with Gasteiger partial charge >= 0.3 is 17.9 Å². The maximum atomic E-state index is 13.4. The molecule has 4 atom stereocenters. The minimum absolute atomic E-state index is 0.0293. The Bertz CT molecular complexity index is 1910. The van der Waals surface area contributed by atoms with Gasteiger partial charge in [-0.1, -0.05) is 5.16 Å². The van der Waals surface area contributed by atoms with E-state index in [4.69, 9.17) is 15.7 Å². The third kappa shape index (κ3) is 6.47. The number of carbonyl (C=O) groups excluding carboxylic acids is 2. The number of anilines is 1. The van der Waals surface area contributed by atoms with E-state index in [9.17, 15) is 44.4 Å². The molecule has 17 nitrogen and oxygen atoms in total. The lowest BCUT2D eigenvalue weighted by atomic mass is 10.00. The summed E-state index contributed by atoms with van der Waals surface area (Å²) >= 11 is 2.16. The highest BCUT2D eigenvalue weighted by molar-refractivity contribution is 8.00. The largest absolute Gasteiger partial charge is 0.504 e. The number of rotatable bonds is 11. The number of thiazole rings is 1. The molecule has 4 heterocycles. The third-order valence-corrected chi connectivity index (χ3v) is 9.56. The summed E-state index contributed by atoms with van der Waals surface area (Å²) in [7, 11) is 0. The number of nitrogens with one attached hydrogen (secondary N) is 1. The summed E-state index contributed by atoms with van der Waals surface area (Å²) in [6.07, 6.45) is -1.21. The molecule has 0 saturated carbocycles. The van der Waals surface area contributed by atoms with E-state index in [-0.39, 0.29) is 34.6 Å². The summed E-state index contributed by atoms with van der Waals surface area (Å²) in [4.78, 5) is 71.7. The van der Waals surface area contributed by atoms with Gasteiger partial charge in [0.1, 0.15) is 22.8 Å². The van der Waals surface area contributed by atoms with Gasteiger partial charge < -0.3 is 41.4 Å². The van der Waals surface area contributed by atoms with Gasteiger partial charge in [-0.15, -0.1) is 23.1 Å². The molecule has 3 aromatic rings. The molecule has 0 spiro atoms. The molecule has 8 N–H and O–H groups in total. The number of aryl methyl sites for hydroxylation is 1. The molecule has 0 radical (unpaired) electrons. The van der Waals surface area contributed by atoms with Crippen LogP contribution in [-0.2, 0) is 35.4 Å². The van der Waals surface area contributed by atoms with Gasteiger partial charge in [-0.2, -0.15) is 4.57 Å². The number of nitrogen functional groups attached to an aromatic ring is 1. The Hall–Kier alpha value is -5.43. The first-order chi connectivity index (χ1) is 22.2. The number of aromatic hydroxyl groups is 2. The Kier molecular flexibility index (Phi) is 8.94. The number of β-lactam (4-membered cyclic amide) rings is 1. The lowest BCUT2D eigenvalue weighted by molar-refractivity contribution is -0.693. The summed E-state index contributed by atoms with van der Waals surface area (Å²) < 4.78 is 1.76. The fourth-order valence-corrected chi connectivity index (χ4v) is 7.08. The first kappa shape index (κ1) is 32.9. The van der Waals surface area contributed by atoms with Crippen molar-refractivity contribution in [1.82, 2.24) is 15.2 Å². The molecule has 0 unspecified atom stereocenters. The minimum atomic E-state index is -1.94. The SMILES string of the molecule is Cc1cc2cc(O)c(O)cc2c[n+]1CC1=C(C(=O)O)N2C(=O)[C@H](NC(=O)/C(=N\O[C@@H](CC(=O)O)C(=O)O)c3csc(N)n3)[C@H]2S[C@H]1C. The number of oxime groups is 1. The fraction of sp³-hybridized carbons (Fsp3) is 0.286. The molecule has 5 rings (SSSR count). The normalized spacial score (nSPS) is 20.0. The third-order valence-electron chi connectivity index (χ3n) is 7.43. The van der Waals surface area contributed by atoms with Crippen LogP contribution in [0.25, 0.3) is 10.8 Å². The molecule has 1 fully saturated rings. The van der Waals surface area contributed by atoms with Crippen LogP contribution in [0.15, 0.2) is 46.2 Å². The number of carboxylic acids is 3. The zero-order valence-corrected chi connectivity index (χ0v) is 26.1. The van der Waals surface area contributed by atoms with Crippen LogP contribution in [0.5, 0.6) is 11.5 Å². The second-order valence-corrected chi connectivity index (χ2v) is 12.9. The second-order valence-electron chi connectivity index (χ2n) is 10.6. The number of carboxylic acid groups (broad SMARTS) is 3. The van der Waals surface area contributed by atoms with E-state index in [2.05, 4.69) is 15.5 Å². The summed E-state index contributed by atoms with van der Waals surface area (Å²) in [5.41, 5.74) is 5.85. The number of thioether (sulfide) groups is 1. The van der Waals surface area contributed by atoms with Gasteiger partial charge in [0.05, 0.1) is 6.42 Å². The van der Waals surface area contributed by atoms with Gasteiger partial charge in [-0.05, 0) is 24.4 Å². The Morgan fingerprint density at radius 1 is 1.15 bits per heavy atom. The molecule has 0 bridgehead atoms. The van der Waals surface area contributed by atoms with E-state index in [1.54, 1.807) is 30.7 Å². The summed E-state index contributed by atoms with van der Waals surface area (Å²) in [5.74, 6) is -6.85. The highest BCUT2D eigenvalue weighted by Crippen LogP contribution is 2.44. The monoisotopic (exact) mass is 687 g/mol. The number of nitrogens with two attached hydrogens (primary N) is 1. The van der Waals surface area contributed by atoms with Crippen LogP contribution in [0.2, 0.25) is 0 Å². The van der Waals surface area contributed by atoms with Crippen molar-refractivity contribution in [3.63, 3.8) is 0 Å². The molecule has 2 aliphatic heterocycles. The number of amides is 2. The van der Waals surface area contributed by atoms with Crippen molar-refractivity contribution in [2.75, 3.05) is 5.73 Å². The first-order valence-electron chi connectivity index (χ1n) is 13.7. The molecular formula is C28H27N6O11S2+. The van der Waals surface area contributed by atoms with Crippen molar-refractivity contribution in [2.24, 2.45) is 5.16 Å². The summed E-state index contributed by atoms with van der Waals surface area (Å²) in [6, 6.07) is 3.34. The topological polar surface area (TPSA) is 266 Å². The van der Waals surface area contributed by atoms with Gasteiger partial charge in [-0.25, -0.2) is 14.6 Å². The summed E-state index contributed by atoms with van der Waals surface area (Å²) in [6.45, 7) is 3.62. The number of hydrogen-bond donors (Lipinski definition) is 7. The van der Waals surface area contributed by atoms with Gasteiger partial charge in [0.25, 0.3) is 11.8 Å². The predicted octanol–water partition coefficient (Wildman–Crippen LogP) is 0.362. The maximum absolute atomic E-state index is 13.4. The highest BCUT2D eigenvalue weighted by Gasteiger charge is 2.56. The second kappa shape index (κ2) is 12.8. The van der Waals surface area contributed by atoms with E-state index in [0.29, 0.717) is 22.0 Å². The average molecular weight is 688 g/mol. The highest BCUT2D eigenvalue weighted by atomic mass is 32.2. The lowest BCUT2D eigenvalue weighted by Crippen LogP contribution is -2.71. The van der Waals surface area contributed by atoms with Crippen LogP contribution < -0.4 is 15.6 Å². The Morgan fingerprint density at radius 3 is 2.43 bits per heavy atom. The van der Waals surface area contributed by atoms with E-state index >= 15 is 0 Å². The van der Waals surface area contributed by atoms with Crippen LogP contribution in [0.4, 0.5) is 5.13 Å². The zero-order valence-electron chi connectivity index (χ0n) is 24.5. The van der Waals surface area contributed by atoms with Crippen molar-refractivity contribution in [1.29, 1.82) is 0 Å². The lowest BCUT2D eigenvalue weighted by Gasteiger charge is -2.50. The number of hydrogen-bond acceptors (Lipinski definition) is 13. The van der Waals surface area contributed by atoms with Crippen LogP contribution >= 0.6 is 23.1 Å². The van der Waals surface area contributed by atoms with Crippen molar-refractivity contribution < 1.29 is 58.9 Å². The number of aliphatic carboxylic acids is 3.